The van der Waals surface area contributed by atoms with E-state index in [1.165, 1.54) is 0 Å². The van der Waals surface area contributed by atoms with Gasteiger partial charge in [-0.15, -0.1) is 0 Å². The number of halogens is 1. The van der Waals surface area contributed by atoms with E-state index in [-0.39, 0.29) is 24.1 Å². The van der Waals surface area contributed by atoms with Crippen LogP contribution in [0.1, 0.15) is 18.9 Å². The second kappa shape index (κ2) is 7.33. The van der Waals surface area contributed by atoms with Crippen LogP contribution in [0.5, 0.6) is 11.5 Å². The Morgan fingerprint density at radius 3 is 2.88 bits per heavy atom. The van der Waals surface area contributed by atoms with Gasteiger partial charge in [-0.1, -0.05) is 23.7 Å². The summed E-state index contributed by atoms with van der Waals surface area (Å²) in [5.41, 5.74) is 8.22. The first-order chi connectivity index (χ1) is 11.9. The van der Waals surface area contributed by atoms with E-state index in [4.69, 9.17) is 22.1 Å². The number of amides is 1. The fourth-order valence-electron chi connectivity index (χ4n) is 2.95. The lowest BCUT2D eigenvalue weighted by atomic mass is 10.0. The number of nitrogens with two attached hydrogens (primary N) is 1. The third-order valence-electron chi connectivity index (χ3n) is 4.12. The van der Waals surface area contributed by atoms with Crippen LogP contribution in [0.2, 0.25) is 5.02 Å². The van der Waals surface area contributed by atoms with Crippen molar-refractivity contribution in [3.8, 4) is 22.6 Å². The fourth-order valence-corrected chi connectivity index (χ4v) is 3.14. The molecule has 2 aromatic rings. The minimum Gasteiger partial charge on any atom is -0.504 e. The second-order valence-corrected chi connectivity index (χ2v) is 6.78. The van der Waals surface area contributed by atoms with E-state index in [1.54, 1.807) is 17.0 Å². The van der Waals surface area contributed by atoms with Crippen molar-refractivity contribution in [2.45, 2.75) is 25.9 Å². The number of phenolic OH excluding ortho intramolecular Hbond substituents is 1. The molecule has 25 heavy (non-hydrogen) atoms. The molecule has 0 radical (unpaired) electrons. The zero-order valence-corrected chi connectivity index (χ0v) is 14.8. The molecule has 2 aromatic carbocycles. The molecular formula is C19H21ClN2O3. The molecule has 1 aliphatic rings. The Kier molecular flexibility index (Phi) is 5.16. The van der Waals surface area contributed by atoms with Crippen LogP contribution >= 0.6 is 11.6 Å². The summed E-state index contributed by atoms with van der Waals surface area (Å²) in [4.78, 5) is 14.1. The zero-order chi connectivity index (χ0) is 18.0. The maximum Gasteiger partial charge on any atom is 0.224 e. The summed E-state index contributed by atoms with van der Waals surface area (Å²) in [7, 11) is 0. The number of rotatable bonds is 3. The number of ether oxygens (including phenoxy) is 1. The molecule has 0 saturated heterocycles. The lowest BCUT2D eigenvalue weighted by Gasteiger charge is -2.21. The van der Waals surface area contributed by atoms with E-state index >= 15 is 0 Å². The van der Waals surface area contributed by atoms with Crippen molar-refractivity contribution in [3.63, 3.8) is 0 Å². The highest BCUT2D eigenvalue weighted by Gasteiger charge is 2.23. The summed E-state index contributed by atoms with van der Waals surface area (Å²) in [5.74, 6) is 0.481. The van der Waals surface area contributed by atoms with Gasteiger partial charge in [-0.3, -0.25) is 4.79 Å². The maximum absolute atomic E-state index is 12.4. The molecule has 1 aliphatic heterocycles. The van der Waals surface area contributed by atoms with Gasteiger partial charge in [0.05, 0.1) is 6.54 Å². The first kappa shape index (κ1) is 17.6. The Balaban J connectivity index is 1.95. The number of carbonyl (C=O) groups is 1. The van der Waals surface area contributed by atoms with Crippen molar-refractivity contribution in [1.29, 1.82) is 0 Å². The molecule has 0 bridgehead atoms. The molecule has 0 aliphatic carbocycles. The molecule has 0 aromatic heterocycles. The molecular weight excluding hydrogens is 340 g/mol. The van der Waals surface area contributed by atoms with Crippen LogP contribution < -0.4 is 10.5 Å². The summed E-state index contributed by atoms with van der Waals surface area (Å²) in [6.07, 6.45) is 0.287. The predicted molar refractivity (Wildman–Crippen MR) is 97.7 cm³/mol. The third kappa shape index (κ3) is 4.06. The summed E-state index contributed by atoms with van der Waals surface area (Å²) in [6.45, 7) is 2.99. The topological polar surface area (TPSA) is 75.8 Å². The van der Waals surface area contributed by atoms with Crippen molar-refractivity contribution in [1.82, 2.24) is 4.90 Å². The summed E-state index contributed by atoms with van der Waals surface area (Å²) < 4.78 is 5.68. The van der Waals surface area contributed by atoms with Crippen molar-refractivity contribution in [2.75, 3.05) is 13.2 Å². The van der Waals surface area contributed by atoms with Crippen LogP contribution in [-0.2, 0) is 11.3 Å². The first-order valence-electron chi connectivity index (χ1n) is 8.22. The summed E-state index contributed by atoms with van der Waals surface area (Å²) in [6, 6.07) is 10.8. The molecule has 1 amide bonds. The molecule has 132 valence electrons. The average molecular weight is 361 g/mol. The van der Waals surface area contributed by atoms with Crippen molar-refractivity contribution < 1.29 is 14.6 Å². The van der Waals surface area contributed by atoms with Crippen LogP contribution in [0.15, 0.2) is 36.4 Å². The number of carbonyl (C=O) groups excluding carboxylic acids is 1. The smallest absolute Gasteiger partial charge is 0.224 e. The maximum atomic E-state index is 12.4. The van der Waals surface area contributed by atoms with Gasteiger partial charge >= 0.3 is 0 Å². The highest BCUT2D eigenvalue weighted by molar-refractivity contribution is 6.30. The van der Waals surface area contributed by atoms with Crippen molar-refractivity contribution in [3.05, 3.63) is 47.0 Å². The van der Waals surface area contributed by atoms with E-state index < -0.39 is 0 Å². The Morgan fingerprint density at radius 1 is 1.36 bits per heavy atom. The molecule has 0 saturated carbocycles. The third-order valence-corrected chi connectivity index (χ3v) is 4.36. The fraction of sp³-hybridized carbons (Fsp3) is 0.316. The van der Waals surface area contributed by atoms with Crippen molar-refractivity contribution >= 4 is 17.5 Å². The lowest BCUT2D eigenvalue weighted by molar-refractivity contribution is -0.132. The van der Waals surface area contributed by atoms with Crippen molar-refractivity contribution in [2.24, 2.45) is 5.73 Å². The summed E-state index contributed by atoms with van der Waals surface area (Å²) in [5, 5.41) is 11.0. The van der Waals surface area contributed by atoms with Gasteiger partial charge in [0.15, 0.2) is 11.5 Å². The largest absolute Gasteiger partial charge is 0.504 e. The Bertz CT molecular complexity index is 792. The molecule has 1 atom stereocenters. The molecule has 0 fully saturated rings. The quantitative estimate of drug-likeness (QED) is 0.881. The lowest BCUT2D eigenvalue weighted by Crippen LogP contribution is -2.35. The van der Waals surface area contributed by atoms with Gasteiger partial charge < -0.3 is 20.5 Å². The Hall–Kier alpha value is -2.24. The average Bonchev–Trinajstić information content (AvgIpc) is 2.77. The van der Waals surface area contributed by atoms with Crippen LogP contribution in [0, 0.1) is 0 Å². The van der Waals surface area contributed by atoms with E-state index in [0.717, 1.165) is 16.7 Å². The Labute approximate surface area is 152 Å². The van der Waals surface area contributed by atoms with Gasteiger partial charge in [-0.2, -0.15) is 0 Å². The van der Waals surface area contributed by atoms with Gasteiger partial charge in [0.25, 0.3) is 0 Å². The number of hydrogen-bond acceptors (Lipinski definition) is 4. The van der Waals surface area contributed by atoms with Gasteiger partial charge in [-0.05, 0) is 42.3 Å². The van der Waals surface area contributed by atoms with Gasteiger partial charge in [0.2, 0.25) is 5.91 Å². The van der Waals surface area contributed by atoms with Gasteiger partial charge in [-0.25, -0.2) is 0 Å². The van der Waals surface area contributed by atoms with E-state index in [0.29, 0.717) is 30.5 Å². The standard InChI is InChI=1S/C19H21ClN2O3/c1-12(21)7-18(24)22-5-6-25-19-15(11-22)8-14(10-17(19)23)13-3-2-4-16(20)9-13/h2-4,8-10,12,23H,5-7,11,21H2,1H3. The minimum atomic E-state index is -0.192. The van der Waals surface area contributed by atoms with E-state index in [2.05, 4.69) is 0 Å². The molecule has 3 N–H and O–H groups in total. The highest BCUT2D eigenvalue weighted by atomic mass is 35.5. The SMILES string of the molecule is CC(N)CC(=O)N1CCOc2c(O)cc(-c3cccc(Cl)c3)cc2C1. The number of aromatic hydroxyl groups is 1. The van der Waals surface area contributed by atoms with Gasteiger partial charge in [0, 0.05) is 29.6 Å². The summed E-state index contributed by atoms with van der Waals surface area (Å²) >= 11 is 6.07. The Morgan fingerprint density at radius 2 is 2.16 bits per heavy atom. The molecule has 1 unspecified atom stereocenters. The minimum absolute atomic E-state index is 0.0147. The number of hydrogen-bond donors (Lipinski definition) is 2. The molecule has 0 spiro atoms. The predicted octanol–water partition coefficient (Wildman–Crippen LogP) is 3.17. The number of nitrogens with zero attached hydrogens (tertiary/aromatic N) is 1. The highest BCUT2D eigenvalue weighted by Crippen LogP contribution is 2.38. The monoisotopic (exact) mass is 360 g/mol. The van der Waals surface area contributed by atoms with Crippen LogP contribution in [0.25, 0.3) is 11.1 Å². The van der Waals surface area contributed by atoms with E-state index in [1.807, 2.05) is 31.2 Å². The van der Waals surface area contributed by atoms with Crippen LogP contribution in [-0.4, -0.2) is 35.1 Å². The number of benzene rings is 2. The zero-order valence-electron chi connectivity index (χ0n) is 14.0. The molecule has 3 rings (SSSR count). The van der Waals surface area contributed by atoms with Gasteiger partial charge in [0.1, 0.15) is 6.61 Å². The second-order valence-electron chi connectivity index (χ2n) is 6.34. The molecule has 5 nitrogen and oxygen atoms in total. The molecule has 6 heteroatoms. The normalized spacial score (nSPS) is 15.1. The van der Waals surface area contributed by atoms with E-state index in [9.17, 15) is 9.90 Å². The first-order valence-corrected chi connectivity index (χ1v) is 8.60. The number of phenols is 1. The van der Waals surface area contributed by atoms with Crippen LogP contribution in [0.4, 0.5) is 0 Å². The molecule has 1 heterocycles. The van der Waals surface area contributed by atoms with Crippen LogP contribution in [0.3, 0.4) is 0 Å². The number of fused-ring (bicyclic) bond motifs is 1.